The van der Waals surface area contributed by atoms with Crippen LogP contribution in [0.15, 0.2) is 182 Å². The second kappa shape index (κ2) is 18.8. The number of hydrogen-bond donors (Lipinski definition) is 2. The molecule has 0 aliphatic rings. The number of carboxylic acid groups (broad SMARTS) is 2. The number of thiophene rings is 2. The van der Waals surface area contributed by atoms with Gasteiger partial charge in [0.1, 0.15) is 0 Å². The number of carbonyl (C=O) groups is 4. The van der Waals surface area contributed by atoms with Crippen LogP contribution < -0.4 is 0 Å². The van der Waals surface area contributed by atoms with Gasteiger partial charge < -0.3 is 10.2 Å². The monoisotopic (exact) mass is 1000 g/mol. The van der Waals surface area contributed by atoms with Crippen LogP contribution in [0.4, 0.5) is 0 Å². The second-order valence-corrected chi connectivity index (χ2v) is 16.4. The standard InChI is InChI=1S/2C20H12O3S.C12H8N2.Tb/c2*21-19(14-6-1-2-7-15(14)20(22)23)12-9-10-18-16(11-12)13-5-3-4-8-17(13)24-18;1-3-9-5-6-10-4-2-8-14-12(10)11(9)13-7-1;/h2*1-11H,(H,22,23);1-8H;. The molecule has 0 bridgehead atoms. The Bertz CT molecular complexity index is 3330. The quantitative estimate of drug-likeness (QED) is 0.124. The average Bonchev–Trinajstić information content (AvgIpc) is 3.89. The number of fused-ring (bicyclic) bond motifs is 9. The van der Waals surface area contributed by atoms with Crippen LogP contribution in [-0.2, 0) is 0 Å². The van der Waals surface area contributed by atoms with E-state index >= 15 is 0 Å². The maximum absolute atomic E-state index is 12.8. The minimum absolute atomic E-state index is 0. The number of rotatable bonds is 6. The Labute approximate surface area is 398 Å². The van der Waals surface area contributed by atoms with Gasteiger partial charge in [0.2, 0.25) is 0 Å². The van der Waals surface area contributed by atoms with E-state index < -0.39 is 11.9 Å². The van der Waals surface area contributed by atoms with Crippen molar-refractivity contribution in [3.05, 3.63) is 216 Å². The van der Waals surface area contributed by atoms with Crippen LogP contribution in [0.1, 0.15) is 52.6 Å². The third-order valence-electron chi connectivity index (χ3n) is 10.4. The molecule has 0 amide bonds. The van der Waals surface area contributed by atoms with E-state index in [9.17, 15) is 29.4 Å². The summed E-state index contributed by atoms with van der Waals surface area (Å²) in [5, 5.41) is 25.1. The summed E-state index contributed by atoms with van der Waals surface area (Å²) >= 11 is 3.36. The zero-order chi connectivity index (χ0) is 42.7. The Kier molecular flexibility index (Phi) is 12.8. The summed E-state index contributed by atoms with van der Waals surface area (Å²) < 4.78 is 4.56. The van der Waals surface area contributed by atoms with Gasteiger partial charge in [-0.05, 0) is 72.8 Å². The molecule has 307 valence electrons. The summed E-state index contributed by atoms with van der Waals surface area (Å²) in [6.45, 7) is 0. The molecule has 4 aromatic heterocycles. The number of aromatic nitrogens is 2. The molecule has 8 nitrogen and oxygen atoms in total. The van der Waals surface area contributed by atoms with Crippen LogP contribution in [0.3, 0.4) is 0 Å². The molecule has 0 saturated carbocycles. The van der Waals surface area contributed by atoms with Gasteiger partial charge in [-0.3, -0.25) is 19.6 Å². The normalized spacial score (nSPS) is 10.8. The first-order valence-electron chi connectivity index (χ1n) is 19.4. The molecule has 11 heteroatoms. The molecule has 11 aromatic rings. The van der Waals surface area contributed by atoms with Crippen LogP contribution in [0.5, 0.6) is 0 Å². The maximum atomic E-state index is 12.8. The number of carboxylic acids is 2. The van der Waals surface area contributed by atoms with E-state index in [1.54, 1.807) is 83.6 Å². The maximum Gasteiger partial charge on any atom is 0.336 e. The molecule has 63 heavy (non-hydrogen) atoms. The van der Waals surface area contributed by atoms with E-state index in [0.29, 0.717) is 11.1 Å². The van der Waals surface area contributed by atoms with E-state index in [-0.39, 0.29) is 72.4 Å². The first-order valence-corrected chi connectivity index (χ1v) is 21.0. The summed E-state index contributed by atoms with van der Waals surface area (Å²) in [5.41, 5.74) is 3.43. The van der Waals surface area contributed by atoms with E-state index in [1.807, 2.05) is 72.8 Å². The van der Waals surface area contributed by atoms with Gasteiger partial charge in [-0.2, -0.15) is 0 Å². The largest absolute Gasteiger partial charge is 0.478 e. The molecule has 0 saturated heterocycles. The van der Waals surface area contributed by atoms with Gasteiger partial charge in [0.25, 0.3) is 0 Å². The van der Waals surface area contributed by atoms with Crippen LogP contribution in [0.2, 0.25) is 0 Å². The minimum Gasteiger partial charge on any atom is -0.478 e. The Morgan fingerprint density at radius 2 is 0.746 bits per heavy atom. The van der Waals surface area contributed by atoms with E-state index in [1.165, 1.54) is 21.5 Å². The first kappa shape index (κ1) is 43.0. The number of carbonyl (C=O) groups excluding carboxylic acids is 2. The summed E-state index contributed by atoms with van der Waals surface area (Å²) in [7, 11) is 0. The molecule has 11 rings (SSSR count). The van der Waals surface area contributed by atoms with Crippen LogP contribution in [-0.4, -0.2) is 43.7 Å². The van der Waals surface area contributed by atoms with E-state index in [2.05, 4.69) is 46.4 Å². The topological polar surface area (TPSA) is 135 Å². The smallest absolute Gasteiger partial charge is 0.336 e. The fourth-order valence-electron chi connectivity index (χ4n) is 7.46. The van der Waals surface area contributed by atoms with Gasteiger partial charge in [0.15, 0.2) is 11.6 Å². The number of benzene rings is 7. The summed E-state index contributed by atoms with van der Waals surface area (Å²) in [5.74, 6) is -2.74. The van der Waals surface area contributed by atoms with Crippen LogP contribution in [0, 0.1) is 38.6 Å². The molecule has 0 aliphatic carbocycles. The van der Waals surface area contributed by atoms with Crippen molar-refractivity contribution in [2.45, 2.75) is 0 Å². The molecule has 0 fully saturated rings. The van der Waals surface area contributed by atoms with Crippen molar-refractivity contribution in [1.82, 2.24) is 9.97 Å². The molecular formula is C52H32N2O6S2Tb. The number of hydrogen-bond acceptors (Lipinski definition) is 8. The number of nitrogens with zero attached hydrogens (tertiary/aromatic N) is 2. The molecule has 0 unspecified atom stereocenters. The molecule has 0 spiro atoms. The number of pyridine rings is 2. The molecule has 7 aromatic carbocycles. The molecule has 2 N–H and O–H groups in total. The average molecular weight is 1000 g/mol. The van der Waals surface area contributed by atoms with Gasteiger partial charge in [-0.15, -0.1) is 22.7 Å². The molecule has 0 atom stereocenters. The Morgan fingerprint density at radius 3 is 1.16 bits per heavy atom. The fraction of sp³-hybridized carbons (Fsp3) is 0. The molecular weight excluding hydrogens is 972 g/mol. The summed E-state index contributed by atoms with van der Waals surface area (Å²) in [6.07, 6.45) is 3.60. The zero-order valence-corrected chi connectivity index (χ0v) is 36.7. The predicted molar refractivity (Wildman–Crippen MR) is 249 cm³/mol. The van der Waals surface area contributed by atoms with Gasteiger partial charge in [0, 0.05) is 124 Å². The van der Waals surface area contributed by atoms with Gasteiger partial charge in [-0.25, -0.2) is 9.59 Å². The van der Waals surface area contributed by atoms with E-state index in [4.69, 9.17) is 0 Å². The van der Waals surface area contributed by atoms with Crippen LogP contribution >= 0.6 is 22.7 Å². The molecule has 0 aliphatic heterocycles. The third-order valence-corrected chi connectivity index (χ3v) is 12.7. The Balaban J connectivity index is 0.000000133. The van der Waals surface area contributed by atoms with E-state index in [0.717, 1.165) is 52.8 Å². The molecule has 4 heterocycles. The summed E-state index contributed by atoms with van der Waals surface area (Å²) in [6, 6.07) is 52.0. The predicted octanol–water partition coefficient (Wildman–Crippen LogP) is 12.8. The number of aromatic carboxylic acids is 2. The molecule has 1 radical (unpaired) electrons. The van der Waals surface area contributed by atoms with Crippen molar-refractivity contribution in [3.8, 4) is 0 Å². The third kappa shape index (κ3) is 8.73. The van der Waals surface area contributed by atoms with Crippen molar-refractivity contribution in [2.75, 3.05) is 0 Å². The summed E-state index contributed by atoms with van der Waals surface area (Å²) in [4.78, 5) is 57.0. The zero-order valence-electron chi connectivity index (χ0n) is 32.9. The number of ketones is 2. The van der Waals surface area contributed by atoms with Crippen LogP contribution in [0.25, 0.3) is 62.2 Å². The Morgan fingerprint density at radius 1 is 0.381 bits per heavy atom. The minimum atomic E-state index is -1.10. The second-order valence-electron chi connectivity index (χ2n) is 14.2. The van der Waals surface area contributed by atoms with Gasteiger partial charge in [-0.1, -0.05) is 97.1 Å². The first-order chi connectivity index (χ1) is 30.2. The van der Waals surface area contributed by atoms with Crippen molar-refractivity contribution >= 4 is 108 Å². The fourth-order valence-corrected chi connectivity index (χ4v) is 9.63. The Hall–Kier alpha value is -6.63. The van der Waals surface area contributed by atoms with Gasteiger partial charge >= 0.3 is 11.9 Å². The van der Waals surface area contributed by atoms with Gasteiger partial charge in [0.05, 0.1) is 22.2 Å². The van der Waals surface area contributed by atoms with Crippen molar-refractivity contribution in [1.29, 1.82) is 0 Å². The van der Waals surface area contributed by atoms with Crippen molar-refractivity contribution in [2.24, 2.45) is 0 Å². The van der Waals surface area contributed by atoms with Crippen molar-refractivity contribution < 1.29 is 68.0 Å². The van der Waals surface area contributed by atoms with Crippen molar-refractivity contribution in [3.63, 3.8) is 0 Å². The SMILES string of the molecule is O=C(O)c1ccccc1C(=O)c1ccc2sc3ccccc3c2c1.O=C(O)c1ccccc1C(=O)c1ccc2sc3ccccc3c2c1.[Tb].c1cnc2c(c1)ccc1cccnc12.